The Kier molecular flexibility index (Phi) is 6.43. The van der Waals surface area contributed by atoms with Crippen molar-refractivity contribution in [3.8, 4) is 0 Å². The van der Waals surface area contributed by atoms with Crippen LogP contribution in [0.5, 0.6) is 0 Å². The zero-order valence-corrected chi connectivity index (χ0v) is 16.7. The van der Waals surface area contributed by atoms with Gasteiger partial charge in [-0.25, -0.2) is 9.79 Å². The Bertz CT molecular complexity index is 1010. The molecule has 2 atom stereocenters. The number of carbonyl (C=O) groups is 4. The van der Waals surface area contributed by atoms with E-state index in [1.165, 1.54) is 6.92 Å². The summed E-state index contributed by atoms with van der Waals surface area (Å²) < 4.78 is 0. The highest BCUT2D eigenvalue weighted by molar-refractivity contribution is 6.19. The molecular formula is C20H22N6O5. The van der Waals surface area contributed by atoms with Crippen LogP contribution in [0.1, 0.15) is 30.1 Å². The summed E-state index contributed by atoms with van der Waals surface area (Å²) in [5.74, 6) is -2.41. The van der Waals surface area contributed by atoms with Crippen LogP contribution in [-0.4, -0.2) is 53.1 Å². The molecule has 0 fully saturated rings. The number of carbonyl (C=O) groups excluding carboxylic acids is 3. The molecule has 2 aliphatic rings. The van der Waals surface area contributed by atoms with Gasteiger partial charge in [0.15, 0.2) is 0 Å². The van der Waals surface area contributed by atoms with E-state index in [-0.39, 0.29) is 36.1 Å². The van der Waals surface area contributed by atoms with Crippen LogP contribution >= 0.6 is 0 Å². The molecule has 0 saturated heterocycles. The summed E-state index contributed by atoms with van der Waals surface area (Å²) >= 11 is 0. The maximum atomic E-state index is 12.3. The summed E-state index contributed by atoms with van der Waals surface area (Å²) in [5, 5.41) is 17.3. The molecule has 0 aliphatic carbocycles. The fourth-order valence-corrected chi connectivity index (χ4v) is 3.13. The number of Topliss-reactive ketones (excluding diaryl/α,β-unsaturated/α-hetero) is 1. The summed E-state index contributed by atoms with van der Waals surface area (Å²) in [7, 11) is 0. The molecule has 11 heteroatoms. The number of carboxylic acid groups (broad SMARTS) is 1. The number of guanidine groups is 1. The monoisotopic (exact) mass is 426 g/mol. The second-order valence-corrected chi connectivity index (χ2v) is 7.15. The number of nitrogens with zero attached hydrogens (tertiary/aromatic N) is 2. The second kappa shape index (κ2) is 9.20. The van der Waals surface area contributed by atoms with E-state index in [4.69, 9.17) is 5.73 Å². The van der Waals surface area contributed by atoms with Gasteiger partial charge in [-0.15, -0.1) is 0 Å². The SMILES string of the molecule is CC(=O)CC[C@H](NC(=O)c1ccc(NCC2=CN=C3N=C(N)NC(=O)C23)cc1)C(=O)O. The fourth-order valence-electron chi connectivity index (χ4n) is 3.13. The summed E-state index contributed by atoms with van der Waals surface area (Å²) in [4.78, 5) is 55.0. The van der Waals surface area contributed by atoms with Gasteiger partial charge < -0.3 is 26.3 Å². The van der Waals surface area contributed by atoms with Gasteiger partial charge in [-0.1, -0.05) is 0 Å². The number of amides is 2. The van der Waals surface area contributed by atoms with Crippen molar-refractivity contribution < 1.29 is 24.3 Å². The molecule has 162 valence electrons. The molecule has 0 aromatic heterocycles. The molecular weight excluding hydrogens is 404 g/mol. The second-order valence-electron chi connectivity index (χ2n) is 7.15. The lowest BCUT2D eigenvalue weighted by atomic mass is 9.98. The lowest BCUT2D eigenvalue weighted by Crippen LogP contribution is -2.47. The third-order valence-electron chi connectivity index (χ3n) is 4.77. The molecule has 1 aromatic carbocycles. The number of fused-ring (bicyclic) bond motifs is 1. The fraction of sp³-hybridized carbons (Fsp3) is 0.300. The highest BCUT2D eigenvalue weighted by Crippen LogP contribution is 2.24. The Balaban J connectivity index is 1.56. The van der Waals surface area contributed by atoms with Crippen LogP contribution in [-0.2, 0) is 14.4 Å². The van der Waals surface area contributed by atoms with Gasteiger partial charge in [0.2, 0.25) is 11.9 Å². The maximum absolute atomic E-state index is 12.3. The largest absolute Gasteiger partial charge is 0.480 e. The van der Waals surface area contributed by atoms with Gasteiger partial charge >= 0.3 is 5.97 Å². The molecule has 6 N–H and O–H groups in total. The van der Waals surface area contributed by atoms with E-state index >= 15 is 0 Å². The molecule has 0 bridgehead atoms. The highest BCUT2D eigenvalue weighted by atomic mass is 16.4. The first-order valence-electron chi connectivity index (χ1n) is 9.53. The topological polar surface area (TPSA) is 175 Å². The lowest BCUT2D eigenvalue weighted by molar-refractivity contribution is -0.139. The average molecular weight is 426 g/mol. The third kappa shape index (κ3) is 5.32. The number of nitrogens with two attached hydrogens (primary N) is 1. The van der Waals surface area contributed by atoms with E-state index in [0.29, 0.717) is 18.1 Å². The molecule has 2 aliphatic heterocycles. The standard InChI is InChI=1S/C20H22N6O5/c1-10(27)2-7-14(19(30)31)24-17(28)11-3-5-13(6-4-11)22-8-12-9-23-16-15(12)18(29)26-20(21)25-16/h3-6,9,14-15,22H,2,7-8H2,1H3,(H,24,28)(H,30,31)(H3,21,23,25,26,29)/t14-,15?/m0/s1. The summed E-state index contributed by atoms with van der Waals surface area (Å²) in [5.41, 5.74) is 7.22. The summed E-state index contributed by atoms with van der Waals surface area (Å²) in [6.45, 7) is 1.70. The van der Waals surface area contributed by atoms with Crippen molar-refractivity contribution in [2.45, 2.75) is 25.8 Å². The molecule has 2 heterocycles. The lowest BCUT2D eigenvalue weighted by Gasteiger charge is -2.20. The van der Waals surface area contributed by atoms with Crippen LogP contribution in [0.3, 0.4) is 0 Å². The van der Waals surface area contributed by atoms with Gasteiger partial charge in [0, 0.05) is 30.4 Å². The Morgan fingerprint density at radius 1 is 1.26 bits per heavy atom. The molecule has 0 saturated carbocycles. The van der Waals surface area contributed by atoms with Gasteiger partial charge in [0.05, 0.1) is 0 Å². The number of ketones is 1. The normalized spacial score (nSPS) is 18.0. The number of carboxylic acids is 1. The predicted molar refractivity (Wildman–Crippen MR) is 113 cm³/mol. The van der Waals surface area contributed by atoms with E-state index in [9.17, 15) is 24.3 Å². The van der Waals surface area contributed by atoms with Crippen molar-refractivity contribution in [1.82, 2.24) is 10.6 Å². The number of anilines is 1. The van der Waals surface area contributed by atoms with Crippen molar-refractivity contribution in [1.29, 1.82) is 0 Å². The van der Waals surface area contributed by atoms with Crippen molar-refractivity contribution in [3.63, 3.8) is 0 Å². The van der Waals surface area contributed by atoms with Crippen LogP contribution in [0.25, 0.3) is 0 Å². The summed E-state index contributed by atoms with van der Waals surface area (Å²) in [6.07, 6.45) is 1.67. The molecule has 0 spiro atoms. The first-order chi connectivity index (χ1) is 14.7. The molecule has 2 amide bonds. The Labute approximate surface area is 177 Å². The number of aliphatic imine (C=N–C) groups is 2. The van der Waals surface area contributed by atoms with E-state index in [2.05, 4.69) is 25.9 Å². The first-order valence-corrected chi connectivity index (χ1v) is 9.53. The highest BCUT2D eigenvalue weighted by Gasteiger charge is 2.35. The van der Waals surface area contributed by atoms with E-state index in [0.717, 1.165) is 5.57 Å². The Hall–Kier alpha value is -4.02. The Morgan fingerprint density at radius 2 is 1.97 bits per heavy atom. The minimum Gasteiger partial charge on any atom is -0.480 e. The van der Waals surface area contributed by atoms with Crippen LogP contribution < -0.4 is 21.7 Å². The van der Waals surface area contributed by atoms with Gasteiger partial charge in [0.1, 0.15) is 23.6 Å². The van der Waals surface area contributed by atoms with Gasteiger partial charge in [-0.2, -0.15) is 4.99 Å². The van der Waals surface area contributed by atoms with Crippen LogP contribution in [0, 0.1) is 5.92 Å². The first kappa shape index (κ1) is 21.7. The number of rotatable bonds is 9. The minimum atomic E-state index is -1.20. The van der Waals surface area contributed by atoms with E-state index in [1.807, 2.05) is 0 Å². The Morgan fingerprint density at radius 3 is 2.61 bits per heavy atom. The molecule has 11 nitrogen and oxygen atoms in total. The number of aliphatic carboxylic acids is 1. The van der Waals surface area contributed by atoms with Crippen molar-refractivity contribution in [3.05, 3.63) is 41.6 Å². The van der Waals surface area contributed by atoms with Crippen LogP contribution in [0.15, 0.2) is 46.0 Å². The zero-order valence-electron chi connectivity index (χ0n) is 16.7. The number of amidine groups is 1. The van der Waals surface area contributed by atoms with Gasteiger partial charge in [-0.3, -0.25) is 14.9 Å². The molecule has 31 heavy (non-hydrogen) atoms. The number of hydrogen-bond donors (Lipinski definition) is 5. The van der Waals surface area contributed by atoms with Crippen molar-refractivity contribution >= 4 is 41.0 Å². The summed E-state index contributed by atoms with van der Waals surface area (Å²) in [6, 6.07) is 5.27. The smallest absolute Gasteiger partial charge is 0.326 e. The van der Waals surface area contributed by atoms with E-state index < -0.39 is 23.8 Å². The average Bonchev–Trinajstić information content (AvgIpc) is 3.12. The predicted octanol–water partition coefficient (Wildman–Crippen LogP) is 0.00740. The third-order valence-corrected chi connectivity index (χ3v) is 4.77. The quantitative estimate of drug-likeness (QED) is 0.369. The number of nitrogens with one attached hydrogen (secondary N) is 3. The molecule has 1 unspecified atom stereocenters. The van der Waals surface area contributed by atoms with Crippen LogP contribution in [0.4, 0.5) is 5.69 Å². The molecule has 0 radical (unpaired) electrons. The van der Waals surface area contributed by atoms with E-state index in [1.54, 1.807) is 30.5 Å². The molecule has 1 aromatic rings. The van der Waals surface area contributed by atoms with Gasteiger partial charge in [0.25, 0.3) is 5.91 Å². The van der Waals surface area contributed by atoms with Crippen molar-refractivity contribution in [2.24, 2.45) is 21.6 Å². The maximum Gasteiger partial charge on any atom is 0.326 e. The van der Waals surface area contributed by atoms with Crippen LogP contribution in [0.2, 0.25) is 0 Å². The number of hydrogen-bond acceptors (Lipinski definition) is 8. The molecule has 3 rings (SSSR count). The van der Waals surface area contributed by atoms with Crippen molar-refractivity contribution in [2.75, 3.05) is 11.9 Å². The minimum absolute atomic E-state index is 0.0166. The number of benzene rings is 1. The van der Waals surface area contributed by atoms with Gasteiger partial charge in [-0.05, 0) is 43.2 Å². The zero-order chi connectivity index (χ0) is 22.5.